The van der Waals surface area contributed by atoms with E-state index in [1.54, 1.807) is 50.2 Å². The van der Waals surface area contributed by atoms with Gasteiger partial charge in [-0.05, 0) is 32.0 Å². The Morgan fingerprint density at radius 1 is 1.09 bits per heavy atom. The van der Waals surface area contributed by atoms with Gasteiger partial charge in [0.05, 0.1) is 17.7 Å². The lowest BCUT2D eigenvalue weighted by atomic mass is 10.1. The Hall–Kier alpha value is -4.28. The maximum atomic E-state index is 12.7. The largest absolute Gasteiger partial charge is 0.461 e. The molecular formula is C21H20N6O5. The number of carbonyl (C=O) groups is 2. The number of hydrogen-bond acceptors (Lipinski definition) is 8. The number of fused-ring (bicyclic) bond motifs is 1. The smallest absolute Gasteiger partial charge is 0.290 e. The van der Waals surface area contributed by atoms with Crippen molar-refractivity contribution in [1.82, 2.24) is 30.8 Å². The van der Waals surface area contributed by atoms with Crippen LogP contribution in [0.3, 0.4) is 0 Å². The monoisotopic (exact) mass is 436 g/mol. The van der Waals surface area contributed by atoms with Crippen molar-refractivity contribution in [3.8, 4) is 11.6 Å². The van der Waals surface area contributed by atoms with E-state index < -0.39 is 11.8 Å². The molecule has 4 aromatic rings. The zero-order valence-electron chi connectivity index (χ0n) is 17.4. The van der Waals surface area contributed by atoms with E-state index in [2.05, 4.69) is 26.1 Å². The van der Waals surface area contributed by atoms with Gasteiger partial charge in [0, 0.05) is 18.2 Å². The molecule has 0 unspecified atom stereocenters. The average Bonchev–Trinajstić information content (AvgIpc) is 3.48. The molecule has 4 rings (SSSR count). The molecule has 0 aliphatic heterocycles. The summed E-state index contributed by atoms with van der Waals surface area (Å²) in [6.45, 7) is 3.59. The van der Waals surface area contributed by atoms with Crippen molar-refractivity contribution < 1.29 is 18.5 Å². The minimum atomic E-state index is -0.637. The zero-order valence-corrected chi connectivity index (χ0v) is 17.4. The highest BCUT2D eigenvalue weighted by atomic mass is 16.5. The molecule has 0 aliphatic rings. The SMILES string of the molecule is CC(C)n1nc(C(=O)NNC(=O)CCc2nc(-c3ccco3)no2)c2ccccc2c1=O. The van der Waals surface area contributed by atoms with Crippen molar-refractivity contribution in [2.75, 3.05) is 0 Å². The molecule has 2 amide bonds. The van der Waals surface area contributed by atoms with Crippen LogP contribution in [0, 0.1) is 0 Å². The van der Waals surface area contributed by atoms with E-state index in [9.17, 15) is 14.4 Å². The number of amides is 2. The van der Waals surface area contributed by atoms with Crippen LogP contribution in [0.5, 0.6) is 0 Å². The number of furan rings is 1. The first kappa shape index (κ1) is 21.0. The van der Waals surface area contributed by atoms with Crippen LogP contribution < -0.4 is 16.4 Å². The predicted molar refractivity (Wildman–Crippen MR) is 112 cm³/mol. The van der Waals surface area contributed by atoms with Crippen LogP contribution in [0.15, 0.2) is 56.4 Å². The van der Waals surface area contributed by atoms with Gasteiger partial charge in [-0.15, -0.1) is 0 Å². The molecule has 0 radical (unpaired) electrons. The lowest BCUT2D eigenvalue weighted by Crippen LogP contribution is -2.43. The van der Waals surface area contributed by atoms with Gasteiger partial charge in [-0.2, -0.15) is 10.1 Å². The maximum Gasteiger partial charge on any atom is 0.290 e. The third-order valence-corrected chi connectivity index (χ3v) is 4.62. The third kappa shape index (κ3) is 4.26. The second-order valence-electron chi connectivity index (χ2n) is 7.23. The summed E-state index contributed by atoms with van der Waals surface area (Å²) in [5.41, 5.74) is 4.43. The summed E-state index contributed by atoms with van der Waals surface area (Å²) in [5.74, 6) is -0.0925. The number of rotatable bonds is 6. The fraction of sp³-hybridized carbons (Fsp3) is 0.238. The molecule has 0 aliphatic carbocycles. The fourth-order valence-electron chi connectivity index (χ4n) is 3.06. The number of nitrogens with zero attached hydrogens (tertiary/aromatic N) is 4. The van der Waals surface area contributed by atoms with Crippen LogP contribution in [0.2, 0.25) is 0 Å². The van der Waals surface area contributed by atoms with Gasteiger partial charge in [0.15, 0.2) is 11.5 Å². The summed E-state index contributed by atoms with van der Waals surface area (Å²) in [6.07, 6.45) is 1.67. The van der Waals surface area contributed by atoms with Crippen LogP contribution in [0.25, 0.3) is 22.4 Å². The molecule has 164 valence electrons. The predicted octanol–water partition coefficient (Wildman–Crippen LogP) is 2.01. The number of hydrogen-bond donors (Lipinski definition) is 2. The third-order valence-electron chi connectivity index (χ3n) is 4.62. The van der Waals surface area contributed by atoms with Crippen molar-refractivity contribution in [2.45, 2.75) is 32.7 Å². The Balaban J connectivity index is 1.40. The molecular weight excluding hydrogens is 416 g/mol. The highest BCUT2D eigenvalue weighted by Gasteiger charge is 2.18. The van der Waals surface area contributed by atoms with Crippen molar-refractivity contribution in [2.24, 2.45) is 0 Å². The van der Waals surface area contributed by atoms with Gasteiger partial charge in [0.25, 0.3) is 11.5 Å². The van der Waals surface area contributed by atoms with Crippen LogP contribution in [0.1, 0.15) is 42.7 Å². The van der Waals surface area contributed by atoms with Gasteiger partial charge in [-0.25, -0.2) is 4.68 Å². The number of aromatic nitrogens is 4. The first-order chi connectivity index (χ1) is 15.4. The minimum Gasteiger partial charge on any atom is -0.461 e. The quantitative estimate of drug-likeness (QED) is 0.437. The van der Waals surface area contributed by atoms with E-state index in [0.717, 1.165) is 0 Å². The summed E-state index contributed by atoms with van der Waals surface area (Å²) in [6, 6.07) is 9.84. The lowest BCUT2D eigenvalue weighted by Gasteiger charge is -2.13. The van der Waals surface area contributed by atoms with E-state index in [1.807, 2.05) is 0 Å². The molecule has 3 heterocycles. The number of nitrogens with one attached hydrogen (secondary N) is 2. The summed E-state index contributed by atoms with van der Waals surface area (Å²) in [5, 5.41) is 8.76. The van der Waals surface area contributed by atoms with Gasteiger partial charge in [-0.1, -0.05) is 23.4 Å². The van der Waals surface area contributed by atoms with E-state index in [4.69, 9.17) is 8.94 Å². The van der Waals surface area contributed by atoms with Gasteiger partial charge in [0.1, 0.15) is 0 Å². The maximum absolute atomic E-state index is 12.7. The van der Waals surface area contributed by atoms with Crippen molar-refractivity contribution in [3.63, 3.8) is 0 Å². The molecule has 0 spiro atoms. The Kier molecular flexibility index (Phi) is 5.79. The van der Waals surface area contributed by atoms with Gasteiger partial charge >= 0.3 is 0 Å². The molecule has 1 aromatic carbocycles. The van der Waals surface area contributed by atoms with Crippen molar-refractivity contribution in [3.05, 3.63) is 64.6 Å². The van der Waals surface area contributed by atoms with Gasteiger partial charge < -0.3 is 8.94 Å². The fourth-order valence-corrected chi connectivity index (χ4v) is 3.06. The Morgan fingerprint density at radius 2 is 1.88 bits per heavy atom. The lowest BCUT2D eigenvalue weighted by molar-refractivity contribution is -0.121. The normalized spacial score (nSPS) is 11.1. The van der Waals surface area contributed by atoms with Crippen molar-refractivity contribution >= 4 is 22.6 Å². The van der Waals surface area contributed by atoms with E-state index in [1.165, 1.54) is 10.9 Å². The molecule has 11 nitrogen and oxygen atoms in total. The summed E-state index contributed by atoms with van der Waals surface area (Å²) in [7, 11) is 0. The molecule has 0 saturated heterocycles. The highest BCUT2D eigenvalue weighted by molar-refractivity contribution is 6.05. The number of benzene rings is 1. The summed E-state index contributed by atoms with van der Waals surface area (Å²) >= 11 is 0. The molecule has 0 bridgehead atoms. The second kappa shape index (κ2) is 8.84. The molecule has 0 saturated carbocycles. The first-order valence-electron chi connectivity index (χ1n) is 9.91. The molecule has 11 heteroatoms. The Morgan fingerprint density at radius 3 is 2.59 bits per heavy atom. The standard InChI is InChI=1S/C21H20N6O5/c1-12(2)27-21(30)14-7-4-3-6-13(14)18(25-27)20(29)24-23-16(28)9-10-17-22-19(26-32-17)15-8-5-11-31-15/h3-8,11-12H,9-10H2,1-2H3,(H,23,28)(H,24,29). The average molecular weight is 436 g/mol. The Bertz CT molecular complexity index is 1320. The van der Waals surface area contributed by atoms with Crippen molar-refractivity contribution in [1.29, 1.82) is 0 Å². The zero-order chi connectivity index (χ0) is 22.7. The minimum absolute atomic E-state index is 0.000262. The molecule has 0 fully saturated rings. The summed E-state index contributed by atoms with van der Waals surface area (Å²) < 4.78 is 11.5. The van der Waals surface area contributed by atoms with Crippen LogP contribution in [-0.4, -0.2) is 31.7 Å². The topological polar surface area (TPSA) is 145 Å². The number of aryl methyl sites for hydroxylation is 1. The van der Waals surface area contributed by atoms with Crippen LogP contribution in [0.4, 0.5) is 0 Å². The van der Waals surface area contributed by atoms with Crippen LogP contribution in [-0.2, 0) is 11.2 Å². The van der Waals surface area contributed by atoms with Gasteiger partial charge in [0.2, 0.25) is 17.6 Å². The number of carbonyl (C=O) groups excluding carboxylic acids is 2. The molecule has 2 N–H and O–H groups in total. The molecule has 0 atom stereocenters. The molecule has 32 heavy (non-hydrogen) atoms. The highest BCUT2D eigenvalue weighted by Crippen LogP contribution is 2.16. The summed E-state index contributed by atoms with van der Waals surface area (Å²) in [4.78, 5) is 41.6. The van der Waals surface area contributed by atoms with E-state index in [-0.39, 0.29) is 41.9 Å². The van der Waals surface area contributed by atoms with Gasteiger partial charge in [-0.3, -0.25) is 25.2 Å². The Labute approximate surface area is 181 Å². The van der Waals surface area contributed by atoms with E-state index >= 15 is 0 Å². The first-order valence-corrected chi connectivity index (χ1v) is 9.91. The number of hydrazine groups is 1. The molecule has 3 aromatic heterocycles. The van der Waals surface area contributed by atoms with E-state index in [0.29, 0.717) is 16.5 Å². The second-order valence-corrected chi connectivity index (χ2v) is 7.23. The van der Waals surface area contributed by atoms with Crippen LogP contribution >= 0.6 is 0 Å².